The molecule has 0 spiro atoms. The molecule has 88 valence electrons. The van der Waals surface area contributed by atoms with Crippen molar-refractivity contribution in [3.63, 3.8) is 0 Å². The highest BCUT2D eigenvalue weighted by molar-refractivity contribution is 14.1. The number of carboxylic acid groups (broad SMARTS) is 1. The summed E-state index contributed by atoms with van der Waals surface area (Å²) in [6.07, 6.45) is 1.30. The molecule has 0 saturated carbocycles. The molecule has 2 aromatic rings. The standard InChI is InChI=1S/C11H8FIN2O2/c12-8-3-1-2-7(4-8)6-15-10(13)9(5-14-15)11(16)17/h1-5H,6H2,(H,16,17). The van der Waals surface area contributed by atoms with Crippen molar-refractivity contribution in [2.24, 2.45) is 0 Å². The highest BCUT2D eigenvalue weighted by Gasteiger charge is 2.14. The average Bonchev–Trinajstić information content (AvgIpc) is 2.61. The molecule has 0 fully saturated rings. The van der Waals surface area contributed by atoms with Gasteiger partial charge in [-0.2, -0.15) is 5.10 Å². The van der Waals surface area contributed by atoms with Gasteiger partial charge in [0.25, 0.3) is 0 Å². The monoisotopic (exact) mass is 346 g/mol. The molecule has 0 bridgehead atoms. The normalized spacial score (nSPS) is 10.5. The van der Waals surface area contributed by atoms with Crippen LogP contribution in [0.25, 0.3) is 0 Å². The van der Waals surface area contributed by atoms with E-state index in [1.807, 2.05) is 22.6 Å². The molecule has 2 rings (SSSR count). The van der Waals surface area contributed by atoms with Gasteiger partial charge in [-0.05, 0) is 40.3 Å². The summed E-state index contributed by atoms with van der Waals surface area (Å²) in [7, 11) is 0. The third-order valence-electron chi connectivity index (χ3n) is 2.23. The number of hydrogen-bond acceptors (Lipinski definition) is 2. The van der Waals surface area contributed by atoms with E-state index in [2.05, 4.69) is 5.10 Å². The summed E-state index contributed by atoms with van der Waals surface area (Å²) < 4.78 is 15.0. The smallest absolute Gasteiger partial charge is 0.340 e. The maximum atomic E-state index is 13.0. The fourth-order valence-electron chi connectivity index (χ4n) is 1.43. The van der Waals surface area contributed by atoms with Crippen LogP contribution in [0.3, 0.4) is 0 Å². The van der Waals surface area contributed by atoms with Crippen LogP contribution >= 0.6 is 22.6 Å². The molecule has 0 aliphatic carbocycles. The number of rotatable bonds is 3. The maximum Gasteiger partial charge on any atom is 0.340 e. The van der Waals surface area contributed by atoms with Crippen molar-refractivity contribution in [1.29, 1.82) is 0 Å². The second-order valence-corrected chi connectivity index (χ2v) is 4.46. The Balaban J connectivity index is 2.28. The van der Waals surface area contributed by atoms with Gasteiger partial charge in [-0.3, -0.25) is 4.68 Å². The minimum Gasteiger partial charge on any atom is -0.478 e. The molecule has 1 heterocycles. The predicted molar refractivity (Wildman–Crippen MR) is 67.4 cm³/mol. The van der Waals surface area contributed by atoms with Crippen molar-refractivity contribution in [2.75, 3.05) is 0 Å². The molecule has 1 aromatic heterocycles. The summed E-state index contributed by atoms with van der Waals surface area (Å²) in [5.74, 6) is -1.33. The van der Waals surface area contributed by atoms with Gasteiger partial charge in [0.05, 0.1) is 12.7 Å². The average molecular weight is 346 g/mol. The van der Waals surface area contributed by atoms with Crippen molar-refractivity contribution >= 4 is 28.6 Å². The van der Waals surface area contributed by atoms with Crippen LogP contribution in [0.1, 0.15) is 15.9 Å². The van der Waals surface area contributed by atoms with Crippen molar-refractivity contribution in [3.8, 4) is 0 Å². The van der Waals surface area contributed by atoms with Crippen molar-refractivity contribution in [1.82, 2.24) is 9.78 Å². The van der Waals surface area contributed by atoms with Gasteiger partial charge in [-0.1, -0.05) is 12.1 Å². The van der Waals surface area contributed by atoms with Gasteiger partial charge >= 0.3 is 5.97 Å². The van der Waals surface area contributed by atoms with Crippen LogP contribution in [-0.4, -0.2) is 20.9 Å². The molecule has 0 atom stereocenters. The lowest BCUT2D eigenvalue weighted by molar-refractivity contribution is 0.0695. The van der Waals surface area contributed by atoms with E-state index >= 15 is 0 Å². The van der Waals surface area contributed by atoms with Gasteiger partial charge in [0.1, 0.15) is 15.1 Å². The Kier molecular flexibility index (Phi) is 3.41. The zero-order chi connectivity index (χ0) is 12.4. The van der Waals surface area contributed by atoms with Crippen molar-refractivity contribution < 1.29 is 14.3 Å². The SMILES string of the molecule is O=C(O)c1cnn(Cc2cccc(F)c2)c1I. The Morgan fingerprint density at radius 2 is 2.29 bits per heavy atom. The second kappa shape index (κ2) is 4.82. The van der Waals surface area contributed by atoms with E-state index < -0.39 is 5.97 Å². The van der Waals surface area contributed by atoms with Crippen molar-refractivity contribution in [2.45, 2.75) is 6.54 Å². The van der Waals surface area contributed by atoms with Gasteiger partial charge in [-0.15, -0.1) is 0 Å². The first kappa shape index (κ1) is 12.0. The minimum absolute atomic E-state index is 0.155. The largest absolute Gasteiger partial charge is 0.478 e. The van der Waals surface area contributed by atoms with E-state index in [1.165, 1.54) is 23.0 Å². The number of aromatic nitrogens is 2. The lowest BCUT2D eigenvalue weighted by Gasteiger charge is -2.03. The third-order valence-corrected chi connectivity index (χ3v) is 3.36. The molecule has 1 N–H and O–H groups in total. The highest BCUT2D eigenvalue weighted by Crippen LogP contribution is 2.14. The molecule has 0 radical (unpaired) electrons. The minimum atomic E-state index is -1.01. The van der Waals surface area contributed by atoms with Gasteiger partial charge in [0.15, 0.2) is 0 Å². The van der Waals surface area contributed by atoms with Gasteiger partial charge in [0, 0.05) is 0 Å². The molecule has 6 heteroatoms. The maximum absolute atomic E-state index is 13.0. The van der Waals surface area contributed by atoms with Gasteiger partial charge < -0.3 is 5.11 Å². The topological polar surface area (TPSA) is 55.1 Å². The summed E-state index contributed by atoms with van der Waals surface area (Å²) in [6.45, 7) is 0.351. The molecule has 0 aliphatic heterocycles. The lowest BCUT2D eigenvalue weighted by Crippen LogP contribution is -2.06. The molecule has 0 aliphatic rings. The number of carbonyl (C=O) groups is 1. The molecule has 0 unspecified atom stereocenters. The third kappa shape index (κ3) is 2.63. The van der Waals surface area contributed by atoms with Gasteiger partial charge in [-0.25, -0.2) is 9.18 Å². The van der Waals surface area contributed by atoms with Crippen LogP contribution < -0.4 is 0 Å². The van der Waals surface area contributed by atoms with Crippen LogP contribution in [0.2, 0.25) is 0 Å². The first-order chi connectivity index (χ1) is 8.08. The number of hydrogen-bond donors (Lipinski definition) is 1. The Morgan fingerprint density at radius 3 is 2.88 bits per heavy atom. The molecular formula is C11H8FIN2O2. The first-order valence-electron chi connectivity index (χ1n) is 4.77. The summed E-state index contributed by atoms with van der Waals surface area (Å²) in [4.78, 5) is 10.8. The van der Waals surface area contributed by atoms with Gasteiger partial charge in [0.2, 0.25) is 0 Å². The van der Waals surface area contributed by atoms with Crippen LogP contribution in [0, 0.1) is 9.52 Å². The van der Waals surface area contributed by atoms with E-state index in [0.717, 1.165) is 5.56 Å². The second-order valence-electron chi connectivity index (χ2n) is 3.44. The molecule has 1 aromatic carbocycles. The molecule has 17 heavy (non-hydrogen) atoms. The predicted octanol–water partition coefficient (Wildman–Crippen LogP) is 2.37. The van der Waals surface area contributed by atoms with Crippen LogP contribution in [0.15, 0.2) is 30.5 Å². The summed E-state index contributed by atoms with van der Waals surface area (Å²) in [5, 5.41) is 12.8. The number of benzene rings is 1. The van der Waals surface area contributed by atoms with Crippen LogP contribution in [0.4, 0.5) is 4.39 Å². The molecule has 0 amide bonds. The van der Waals surface area contributed by atoms with E-state index in [1.54, 1.807) is 12.1 Å². The molecular weight excluding hydrogens is 338 g/mol. The summed E-state index contributed by atoms with van der Waals surface area (Å²) in [5.41, 5.74) is 0.893. The quantitative estimate of drug-likeness (QED) is 0.869. The number of carboxylic acids is 1. The Morgan fingerprint density at radius 1 is 1.53 bits per heavy atom. The molecule has 4 nitrogen and oxygen atoms in total. The number of aromatic carboxylic acids is 1. The fraction of sp³-hybridized carbons (Fsp3) is 0.0909. The Labute approximate surface area is 110 Å². The fourth-order valence-corrected chi connectivity index (χ4v) is 2.10. The Hall–Kier alpha value is -1.44. The Bertz CT molecular complexity index is 568. The first-order valence-corrected chi connectivity index (χ1v) is 5.85. The van der Waals surface area contributed by atoms with E-state index in [9.17, 15) is 9.18 Å². The van der Waals surface area contributed by atoms with E-state index in [0.29, 0.717) is 10.2 Å². The number of nitrogens with zero attached hydrogens (tertiary/aromatic N) is 2. The van der Waals surface area contributed by atoms with Crippen LogP contribution in [0.5, 0.6) is 0 Å². The van der Waals surface area contributed by atoms with E-state index in [4.69, 9.17) is 5.11 Å². The highest BCUT2D eigenvalue weighted by atomic mass is 127. The lowest BCUT2D eigenvalue weighted by atomic mass is 10.2. The summed E-state index contributed by atoms with van der Waals surface area (Å²) in [6, 6.07) is 6.14. The zero-order valence-corrected chi connectivity index (χ0v) is 10.8. The van der Waals surface area contributed by atoms with E-state index in [-0.39, 0.29) is 11.4 Å². The summed E-state index contributed by atoms with van der Waals surface area (Å²) >= 11 is 1.91. The number of halogens is 2. The zero-order valence-electron chi connectivity index (χ0n) is 8.60. The van der Waals surface area contributed by atoms with Crippen LogP contribution in [-0.2, 0) is 6.54 Å². The van der Waals surface area contributed by atoms with Crippen molar-refractivity contribution in [3.05, 3.63) is 51.1 Å². The molecule has 0 saturated heterocycles.